The van der Waals surface area contributed by atoms with Gasteiger partial charge in [-0.2, -0.15) is 0 Å². The molecule has 0 radical (unpaired) electrons. The number of allylic oxidation sites excluding steroid dienone is 2. The molecule has 3 unspecified atom stereocenters. The molecule has 0 aromatic heterocycles. The number of fused-ring (bicyclic) bond motifs is 3. The molecule has 4 rings (SSSR count). The van der Waals surface area contributed by atoms with Crippen LogP contribution in [0.15, 0.2) is 30.4 Å². The molecule has 8 heteroatoms. The van der Waals surface area contributed by atoms with Crippen molar-refractivity contribution in [1.29, 1.82) is 0 Å². The van der Waals surface area contributed by atoms with E-state index in [1.165, 1.54) is 6.07 Å². The number of alkyl halides is 3. The van der Waals surface area contributed by atoms with Crippen LogP contribution in [0.4, 0.5) is 30.7 Å². The van der Waals surface area contributed by atoms with E-state index in [-0.39, 0.29) is 5.92 Å². The Morgan fingerprint density at radius 2 is 1.68 bits per heavy atom. The summed E-state index contributed by atoms with van der Waals surface area (Å²) in [7, 11) is 0. The molecule has 0 heterocycles. The van der Waals surface area contributed by atoms with Gasteiger partial charge < -0.3 is 4.74 Å². The van der Waals surface area contributed by atoms with Crippen LogP contribution in [0.1, 0.15) is 62.5 Å². The topological polar surface area (TPSA) is 9.23 Å². The summed E-state index contributed by atoms with van der Waals surface area (Å²) in [4.78, 5) is 0. The second-order valence-electron chi connectivity index (χ2n) is 9.13. The van der Waals surface area contributed by atoms with Gasteiger partial charge in [-0.3, -0.25) is 0 Å². The van der Waals surface area contributed by atoms with E-state index in [4.69, 9.17) is 0 Å². The second-order valence-corrected chi connectivity index (χ2v) is 9.13. The van der Waals surface area contributed by atoms with Crippen molar-refractivity contribution in [2.75, 3.05) is 0 Å². The fourth-order valence-electron chi connectivity index (χ4n) is 5.43. The van der Waals surface area contributed by atoms with Crippen LogP contribution >= 0.6 is 0 Å². The van der Waals surface area contributed by atoms with Crippen LogP contribution in [0.2, 0.25) is 0 Å². The molecule has 2 aliphatic carbocycles. The Morgan fingerprint density at radius 3 is 2.32 bits per heavy atom. The van der Waals surface area contributed by atoms with Crippen LogP contribution in [0.25, 0.3) is 11.1 Å². The number of unbranched alkanes of at least 4 members (excludes halogenated alkanes) is 1. The fourth-order valence-corrected chi connectivity index (χ4v) is 5.43. The molecule has 0 saturated heterocycles. The van der Waals surface area contributed by atoms with Gasteiger partial charge in [0.1, 0.15) is 11.6 Å². The lowest BCUT2D eigenvalue weighted by molar-refractivity contribution is -0.276. The third-order valence-corrected chi connectivity index (χ3v) is 6.91. The van der Waals surface area contributed by atoms with Gasteiger partial charge in [0, 0.05) is 0 Å². The molecule has 2 aromatic rings. The molecule has 1 saturated carbocycles. The first-order valence-corrected chi connectivity index (χ1v) is 11.5. The maximum Gasteiger partial charge on any atom is 0.573 e. The van der Waals surface area contributed by atoms with Gasteiger partial charge in [-0.05, 0) is 91.2 Å². The summed E-state index contributed by atoms with van der Waals surface area (Å²) in [5.74, 6) is -6.21. The number of hydrogen-bond donors (Lipinski definition) is 0. The van der Waals surface area contributed by atoms with E-state index >= 15 is 8.78 Å². The van der Waals surface area contributed by atoms with E-state index in [0.29, 0.717) is 41.5 Å². The lowest BCUT2D eigenvalue weighted by Gasteiger charge is -2.40. The molecule has 0 aliphatic heterocycles. The number of benzene rings is 2. The maximum atomic E-state index is 15.5. The quantitative estimate of drug-likeness (QED) is 0.304. The monoisotopic (exact) mass is 486 g/mol. The molecule has 34 heavy (non-hydrogen) atoms. The van der Waals surface area contributed by atoms with Crippen molar-refractivity contribution in [1.82, 2.24) is 0 Å². The van der Waals surface area contributed by atoms with Gasteiger partial charge in [0.15, 0.2) is 11.6 Å². The van der Waals surface area contributed by atoms with E-state index in [9.17, 15) is 22.0 Å². The molecular weight excluding hydrogens is 461 g/mol. The predicted octanol–water partition coefficient (Wildman–Crippen LogP) is 8.61. The minimum atomic E-state index is -5.31. The van der Waals surface area contributed by atoms with Crippen LogP contribution in [0.5, 0.6) is 5.75 Å². The Kier molecular flexibility index (Phi) is 6.97. The average Bonchev–Trinajstić information content (AvgIpc) is 2.75. The first kappa shape index (κ1) is 24.6. The van der Waals surface area contributed by atoms with Crippen molar-refractivity contribution in [3.8, 4) is 16.9 Å². The molecule has 0 spiro atoms. The zero-order valence-corrected chi connectivity index (χ0v) is 18.6. The largest absolute Gasteiger partial charge is 0.573 e. The molecule has 2 aromatic carbocycles. The highest BCUT2D eigenvalue weighted by Crippen LogP contribution is 2.49. The zero-order valence-electron chi connectivity index (χ0n) is 18.6. The molecule has 0 bridgehead atoms. The number of rotatable bonds is 5. The average molecular weight is 486 g/mol. The van der Waals surface area contributed by atoms with Crippen molar-refractivity contribution in [3.63, 3.8) is 0 Å². The van der Waals surface area contributed by atoms with E-state index in [2.05, 4.69) is 23.8 Å². The highest BCUT2D eigenvalue weighted by Gasteiger charge is 2.38. The predicted molar refractivity (Wildman–Crippen MR) is 114 cm³/mol. The van der Waals surface area contributed by atoms with Crippen LogP contribution in [-0.2, 0) is 6.42 Å². The van der Waals surface area contributed by atoms with Crippen molar-refractivity contribution >= 4 is 0 Å². The smallest absolute Gasteiger partial charge is 0.399 e. The van der Waals surface area contributed by atoms with E-state index < -0.39 is 46.5 Å². The highest BCUT2D eigenvalue weighted by atomic mass is 19.4. The van der Waals surface area contributed by atoms with Crippen molar-refractivity contribution in [3.05, 3.63) is 64.7 Å². The van der Waals surface area contributed by atoms with E-state index in [0.717, 1.165) is 38.5 Å². The van der Waals surface area contributed by atoms with Gasteiger partial charge >= 0.3 is 6.36 Å². The van der Waals surface area contributed by atoms with Crippen molar-refractivity contribution in [2.45, 2.75) is 64.1 Å². The van der Waals surface area contributed by atoms with Crippen molar-refractivity contribution in [2.24, 2.45) is 11.8 Å². The molecule has 2 aliphatic rings. The van der Waals surface area contributed by atoms with Gasteiger partial charge in [-0.1, -0.05) is 25.5 Å². The summed E-state index contributed by atoms with van der Waals surface area (Å²) in [6.45, 7) is 2.12. The van der Waals surface area contributed by atoms with Gasteiger partial charge in [0.25, 0.3) is 0 Å². The van der Waals surface area contributed by atoms with E-state index in [1.54, 1.807) is 0 Å². The Hall–Kier alpha value is -2.51. The summed E-state index contributed by atoms with van der Waals surface area (Å²) < 4.78 is 99.5. The summed E-state index contributed by atoms with van der Waals surface area (Å²) in [6.07, 6.45) is 4.98. The number of ether oxygens (including phenoxy) is 1. The standard InChI is InChI=1S/C26H25F7O/c1-2-3-4-5-14-6-8-17-15(10-14)7-9-18-19(17)13-20(27)23(24(18)30)16-11-21(28)25(22(29)12-16)34-26(31,32)33/h4-5,11-15,17H,2-3,6-10H2,1H3. The summed E-state index contributed by atoms with van der Waals surface area (Å²) in [5, 5.41) is 0. The molecule has 0 amide bonds. The minimum Gasteiger partial charge on any atom is -0.399 e. The Morgan fingerprint density at radius 1 is 0.971 bits per heavy atom. The molecular formula is C26H25F7O. The van der Waals surface area contributed by atoms with E-state index in [1.807, 2.05) is 0 Å². The SMILES string of the molecule is CCCC=CC1CCC2c3cc(F)c(-c4cc(F)c(OC(F)(F)F)c(F)c4)c(F)c3CCC2C1. The second kappa shape index (κ2) is 9.62. The summed E-state index contributed by atoms with van der Waals surface area (Å²) in [5.41, 5.74) is -0.267. The highest BCUT2D eigenvalue weighted by molar-refractivity contribution is 5.68. The first-order valence-electron chi connectivity index (χ1n) is 11.5. The molecule has 0 N–H and O–H groups in total. The van der Waals surface area contributed by atoms with Gasteiger partial charge in [-0.25, -0.2) is 17.6 Å². The Bertz CT molecular complexity index is 1070. The van der Waals surface area contributed by atoms with Gasteiger partial charge in [0.05, 0.1) is 5.56 Å². The summed E-state index contributed by atoms with van der Waals surface area (Å²) in [6, 6.07) is 2.14. The number of hydrogen-bond acceptors (Lipinski definition) is 1. The van der Waals surface area contributed by atoms with Crippen LogP contribution in [0.3, 0.4) is 0 Å². The lowest BCUT2D eigenvalue weighted by Crippen LogP contribution is -2.28. The maximum absolute atomic E-state index is 15.5. The minimum absolute atomic E-state index is 0.00802. The molecule has 1 fully saturated rings. The van der Waals surface area contributed by atoms with Crippen LogP contribution < -0.4 is 4.74 Å². The van der Waals surface area contributed by atoms with Crippen LogP contribution in [0, 0.1) is 35.1 Å². The molecule has 1 nitrogen and oxygen atoms in total. The third-order valence-electron chi connectivity index (χ3n) is 6.91. The third kappa shape index (κ3) is 4.96. The molecule has 184 valence electrons. The lowest BCUT2D eigenvalue weighted by atomic mass is 9.65. The first-order chi connectivity index (χ1) is 16.1. The fraction of sp³-hybridized carbons (Fsp3) is 0.462. The number of halogens is 7. The molecule has 3 atom stereocenters. The Balaban J connectivity index is 1.65. The normalized spacial score (nSPS) is 22.5. The zero-order chi connectivity index (χ0) is 24.6. The van der Waals surface area contributed by atoms with Crippen LogP contribution in [-0.4, -0.2) is 6.36 Å². The Labute approximate surface area is 193 Å². The van der Waals surface area contributed by atoms with Gasteiger partial charge in [-0.15, -0.1) is 13.2 Å². The van der Waals surface area contributed by atoms with Gasteiger partial charge in [0.2, 0.25) is 5.75 Å². The summed E-state index contributed by atoms with van der Waals surface area (Å²) >= 11 is 0. The van der Waals surface area contributed by atoms with Crippen molar-refractivity contribution < 1.29 is 35.5 Å².